The molecule has 110 valence electrons. The summed E-state index contributed by atoms with van der Waals surface area (Å²) < 4.78 is 5.30. The molecule has 0 unspecified atom stereocenters. The molecule has 20 heavy (non-hydrogen) atoms. The predicted octanol–water partition coefficient (Wildman–Crippen LogP) is 1.03. The van der Waals surface area contributed by atoms with Crippen molar-refractivity contribution in [2.45, 2.75) is 13.3 Å². The Kier molecular flexibility index (Phi) is 5.38. The SMILES string of the molecule is Cc1c(N)cccc1C(=O)NCCCN1CCOCC1. The van der Waals surface area contributed by atoms with E-state index < -0.39 is 0 Å². The van der Waals surface area contributed by atoms with Gasteiger partial charge in [-0.15, -0.1) is 0 Å². The Morgan fingerprint density at radius 1 is 1.40 bits per heavy atom. The van der Waals surface area contributed by atoms with Crippen LogP contribution in [0.2, 0.25) is 0 Å². The minimum Gasteiger partial charge on any atom is -0.398 e. The molecule has 0 spiro atoms. The van der Waals surface area contributed by atoms with Crippen molar-refractivity contribution in [3.63, 3.8) is 0 Å². The van der Waals surface area contributed by atoms with Crippen LogP contribution >= 0.6 is 0 Å². The molecule has 5 heteroatoms. The smallest absolute Gasteiger partial charge is 0.251 e. The van der Waals surface area contributed by atoms with Crippen molar-refractivity contribution in [1.29, 1.82) is 0 Å². The van der Waals surface area contributed by atoms with Gasteiger partial charge >= 0.3 is 0 Å². The molecule has 1 heterocycles. The van der Waals surface area contributed by atoms with Gasteiger partial charge in [0.15, 0.2) is 0 Å². The third kappa shape index (κ3) is 3.95. The number of nitrogens with two attached hydrogens (primary N) is 1. The zero-order valence-corrected chi connectivity index (χ0v) is 12.0. The molecular weight excluding hydrogens is 254 g/mol. The number of benzene rings is 1. The highest BCUT2D eigenvalue weighted by Gasteiger charge is 2.11. The van der Waals surface area contributed by atoms with Crippen LogP contribution in [-0.4, -0.2) is 50.2 Å². The molecule has 1 fully saturated rings. The largest absolute Gasteiger partial charge is 0.398 e. The van der Waals surface area contributed by atoms with Crippen LogP contribution in [0.1, 0.15) is 22.3 Å². The first kappa shape index (κ1) is 14.8. The maximum atomic E-state index is 12.1. The third-order valence-electron chi connectivity index (χ3n) is 3.66. The van der Waals surface area contributed by atoms with Crippen molar-refractivity contribution in [3.05, 3.63) is 29.3 Å². The molecule has 1 aliphatic heterocycles. The van der Waals surface area contributed by atoms with Crippen molar-refractivity contribution in [2.24, 2.45) is 0 Å². The Labute approximate surface area is 120 Å². The number of carbonyl (C=O) groups is 1. The average molecular weight is 277 g/mol. The van der Waals surface area contributed by atoms with Gasteiger partial charge < -0.3 is 15.8 Å². The van der Waals surface area contributed by atoms with Crippen LogP contribution in [0.5, 0.6) is 0 Å². The van der Waals surface area contributed by atoms with Crippen molar-refractivity contribution in [3.8, 4) is 0 Å². The molecule has 0 radical (unpaired) electrons. The van der Waals surface area contributed by atoms with E-state index in [-0.39, 0.29) is 5.91 Å². The van der Waals surface area contributed by atoms with Crippen LogP contribution in [0.25, 0.3) is 0 Å². The van der Waals surface area contributed by atoms with Crippen molar-refractivity contribution < 1.29 is 9.53 Å². The molecule has 1 aromatic rings. The summed E-state index contributed by atoms with van der Waals surface area (Å²) in [7, 11) is 0. The highest BCUT2D eigenvalue weighted by molar-refractivity contribution is 5.96. The maximum absolute atomic E-state index is 12.1. The molecule has 1 amide bonds. The van der Waals surface area contributed by atoms with Gasteiger partial charge in [-0.05, 0) is 37.6 Å². The number of hydrogen-bond donors (Lipinski definition) is 2. The first-order valence-electron chi connectivity index (χ1n) is 7.12. The summed E-state index contributed by atoms with van der Waals surface area (Å²) in [6, 6.07) is 5.43. The molecule has 0 saturated carbocycles. The Morgan fingerprint density at radius 2 is 2.15 bits per heavy atom. The molecule has 0 aliphatic carbocycles. The van der Waals surface area contributed by atoms with Crippen LogP contribution < -0.4 is 11.1 Å². The summed E-state index contributed by atoms with van der Waals surface area (Å²) >= 11 is 0. The van der Waals surface area contributed by atoms with E-state index in [1.54, 1.807) is 0 Å². The number of morpholine rings is 1. The van der Waals surface area contributed by atoms with Gasteiger partial charge in [-0.25, -0.2) is 0 Å². The van der Waals surface area contributed by atoms with Crippen LogP contribution in [0.3, 0.4) is 0 Å². The number of rotatable bonds is 5. The van der Waals surface area contributed by atoms with E-state index >= 15 is 0 Å². The lowest BCUT2D eigenvalue weighted by molar-refractivity contribution is 0.0374. The Bertz CT molecular complexity index is 456. The summed E-state index contributed by atoms with van der Waals surface area (Å²) in [6.45, 7) is 7.16. The van der Waals surface area contributed by atoms with Gasteiger partial charge in [0.05, 0.1) is 13.2 Å². The average Bonchev–Trinajstić information content (AvgIpc) is 2.47. The second kappa shape index (κ2) is 7.26. The molecule has 1 aliphatic rings. The number of ether oxygens (including phenoxy) is 1. The van der Waals surface area contributed by atoms with Gasteiger partial charge in [0.2, 0.25) is 0 Å². The molecule has 0 atom stereocenters. The summed E-state index contributed by atoms with van der Waals surface area (Å²) in [6.07, 6.45) is 0.951. The highest BCUT2D eigenvalue weighted by Crippen LogP contribution is 2.15. The molecule has 0 bridgehead atoms. The molecule has 2 rings (SSSR count). The molecule has 0 aromatic heterocycles. The van der Waals surface area contributed by atoms with E-state index in [1.165, 1.54) is 0 Å². The number of amides is 1. The van der Waals surface area contributed by atoms with E-state index in [2.05, 4.69) is 10.2 Å². The fraction of sp³-hybridized carbons (Fsp3) is 0.533. The van der Waals surface area contributed by atoms with E-state index in [0.717, 1.165) is 44.8 Å². The van der Waals surface area contributed by atoms with Gasteiger partial charge in [-0.2, -0.15) is 0 Å². The van der Waals surface area contributed by atoms with Crippen molar-refractivity contribution in [2.75, 3.05) is 45.1 Å². The van der Waals surface area contributed by atoms with Crippen molar-refractivity contribution in [1.82, 2.24) is 10.2 Å². The molecule has 1 saturated heterocycles. The summed E-state index contributed by atoms with van der Waals surface area (Å²) in [5, 5.41) is 2.95. The zero-order valence-electron chi connectivity index (χ0n) is 12.0. The van der Waals surface area contributed by atoms with Crippen LogP contribution in [0.15, 0.2) is 18.2 Å². The standard InChI is InChI=1S/C15H23N3O2/c1-12-13(4-2-5-14(12)16)15(19)17-6-3-7-18-8-10-20-11-9-18/h2,4-5H,3,6-11,16H2,1H3,(H,17,19). The Morgan fingerprint density at radius 3 is 2.90 bits per heavy atom. The first-order valence-corrected chi connectivity index (χ1v) is 7.12. The predicted molar refractivity (Wildman–Crippen MR) is 79.8 cm³/mol. The molecule has 1 aromatic carbocycles. The van der Waals surface area contributed by atoms with Crippen LogP contribution in [0.4, 0.5) is 5.69 Å². The van der Waals surface area contributed by atoms with Gasteiger partial charge in [0, 0.05) is 30.9 Å². The summed E-state index contributed by atoms with van der Waals surface area (Å²) in [5.74, 6) is -0.0447. The second-order valence-electron chi connectivity index (χ2n) is 5.08. The Balaban J connectivity index is 1.73. The quantitative estimate of drug-likeness (QED) is 0.623. The fourth-order valence-electron chi connectivity index (χ4n) is 2.32. The summed E-state index contributed by atoms with van der Waals surface area (Å²) in [5.41, 5.74) is 7.98. The van der Waals surface area contributed by atoms with Gasteiger partial charge in [0.1, 0.15) is 0 Å². The first-order chi connectivity index (χ1) is 9.68. The van der Waals surface area contributed by atoms with Gasteiger partial charge in [-0.1, -0.05) is 6.07 Å². The van der Waals surface area contributed by atoms with Crippen LogP contribution in [-0.2, 0) is 4.74 Å². The number of anilines is 1. The van der Waals surface area contributed by atoms with Gasteiger partial charge in [-0.3, -0.25) is 9.69 Å². The zero-order chi connectivity index (χ0) is 14.4. The molecule has 3 N–H and O–H groups in total. The lowest BCUT2D eigenvalue weighted by Crippen LogP contribution is -2.38. The number of nitrogen functional groups attached to an aromatic ring is 1. The normalized spacial score (nSPS) is 16.1. The van der Waals surface area contributed by atoms with E-state index in [0.29, 0.717) is 17.8 Å². The number of nitrogens with zero attached hydrogens (tertiary/aromatic N) is 1. The second-order valence-corrected chi connectivity index (χ2v) is 5.08. The third-order valence-corrected chi connectivity index (χ3v) is 3.66. The highest BCUT2D eigenvalue weighted by atomic mass is 16.5. The number of carbonyl (C=O) groups excluding carboxylic acids is 1. The Hall–Kier alpha value is -1.59. The lowest BCUT2D eigenvalue weighted by Gasteiger charge is -2.26. The van der Waals surface area contributed by atoms with E-state index in [9.17, 15) is 4.79 Å². The minimum atomic E-state index is -0.0447. The van der Waals surface area contributed by atoms with Gasteiger partial charge in [0.25, 0.3) is 5.91 Å². The number of hydrogen-bond acceptors (Lipinski definition) is 4. The topological polar surface area (TPSA) is 67.6 Å². The molecule has 5 nitrogen and oxygen atoms in total. The molecular formula is C15H23N3O2. The van der Waals surface area contributed by atoms with E-state index in [4.69, 9.17) is 10.5 Å². The lowest BCUT2D eigenvalue weighted by atomic mass is 10.1. The fourth-order valence-corrected chi connectivity index (χ4v) is 2.32. The summed E-state index contributed by atoms with van der Waals surface area (Å²) in [4.78, 5) is 14.4. The maximum Gasteiger partial charge on any atom is 0.251 e. The van der Waals surface area contributed by atoms with Crippen molar-refractivity contribution >= 4 is 11.6 Å². The number of nitrogens with one attached hydrogen (secondary N) is 1. The minimum absolute atomic E-state index is 0.0447. The monoisotopic (exact) mass is 277 g/mol. The van der Waals surface area contributed by atoms with E-state index in [1.807, 2.05) is 25.1 Å². The van der Waals surface area contributed by atoms with Crippen LogP contribution in [0, 0.1) is 6.92 Å².